The quantitative estimate of drug-likeness (QED) is 0.350. The van der Waals surface area contributed by atoms with Crippen molar-refractivity contribution in [2.45, 2.75) is 98.0 Å². The Labute approximate surface area is 120 Å². The van der Waals surface area contributed by atoms with Crippen LogP contribution in [0.1, 0.15) is 79.1 Å². The summed E-state index contributed by atoms with van der Waals surface area (Å²) in [5.74, 6) is 0. The van der Waals surface area contributed by atoms with Crippen LogP contribution in [0.3, 0.4) is 0 Å². The van der Waals surface area contributed by atoms with E-state index in [9.17, 15) is 0 Å². The Bertz CT molecular complexity index is 122. The summed E-state index contributed by atoms with van der Waals surface area (Å²) in [5.41, 5.74) is 0. The zero-order valence-electron chi connectivity index (χ0n) is 13.4. The molecule has 0 aliphatic rings. The second-order valence-corrected chi connectivity index (χ2v) is 13.7. The first-order valence-corrected chi connectivity index (χ1v) is 12.7. The normalized spacial score (nSPS) is 11.3. The molecule has 0 aliphatic heterocycles. The van der Waals surface area contributed by atoms with E-state index in [0.29, 0.717) is 0 Å². The van der Waals surface area contributed by atoms with Crippen molar-refractivity contribution >= 4 is 0 Å². The van der Waals surface area contributed by atoms with Crippen LogP contribution in [-0.4, -0.2) is 0 Å². The molecular formula is C16H36OTi-2. The van der Waals surface area contributed by atoms with E-state index >= 15 is 0 Å². The molecule has 0 aliphatic carbocycles. The molecule has 0 fully saturated rings. The van der Waals surface area contributed by atoms with Crippen LogP contribution in [0.15, 0.2) is 0 Å². The van der Waals surface area contributed by atoms with E-state index in [1.807, 2.05) is 0 Å². The Morgan fingerprint density at radius 2 is 0.722 bits per heavy atom. The van der Waals surface area contributed by atoms with Gasteiger partial charge >= 0.3 is 115 Å². The minimum Gasteiger partial charge on any atom is -2.00 e. The fourth-order valence-corrected chi connectivity index (χ4v) is 12.2. The van der Waals surface area contributed by atoms with Crippen LogP contribution < -0.4 is 0 Å². The van der Waals surface area contributed by atoms with Crippen LogP contribution in [-0.2, 0) is 22.1 Å². The third-order valence-corrected chi connectivity index (χ3v) is 13.1. The van der Waals surface area contributed by atoms with Crippen LogP contribution in [0.4, 0.5) is 0 Å². The Morgan fingerprint density at radius 1 is 0.500 bits per heavy atom. The molecule has 0 unspecified atom stereocenters. The molecule has 0 atom stereocenters. The van der Waals surface area contributed by atoms with E-state index < -0.39 is 16.6 Å². The van der Waals surface area contributed by atoms with Crippen molar-refractivity contribution in [1.29, 1.82) is 0 Å². The number of hydrogen-bond donors (Lipinski definition) is 0. The van der Waals surface area contributed by atoms with Gasteiger partial charge in [0.1, 0.15) is 0 Å². The van der Waals surface area contributed by atoms with Crippen molar-refractivity contribution in [2.24, 2.45) is 0 Å². The van der Waals surface area contributed by atoms with Crippen molar-refractivity contribution in [2.75, 3.05) is 0 Å². The first-order valence-electron chi connectivity index (χ1n) is 8.24. The van der Waals surface area contributed by atoms with E-state index in [-0.39, 0.29) is 5.48 Å². The van der Waals surface area contributed by atoms with Gasteiger partial charge in [0, 0.05) is 0 Å². The second-order valence-electron chi connectivity index (χ2n) is 5.91. The van der Waals surface area contributed by atoms with Crippen molar-refractivity contribution in [1.82, 2.24) is 0 Å². The second kappa shape index (κ2) is 14.1. The largest absolute Gasteiger partial charge is 2.00 e. The molecule has 18 heavy (non-hydrogen) atoms. The first kappa shape index (κ1) is 21.0. The van der Waals surface area contributed by atoms with Crippen molar-refractivity contribution in [3.05, 3.63) is 0 Å². The van der Waals surface area contributed by atoms with Crippen LogP contribution in [0.5, 0.6) is 0 Å². The molecule has 0 saturated carbocycles. The molecule has 0 amide bonds. The molecule has 0 radical (unpaired) electrons. The average molecular weight is 292 g/mol. The number of hydrogen-bond acceptors (Lipinski definition) is 0. The van der Waals surface area contributed by atoms with Crippen molar-refractivity contribution < 1.29 is 22.1 Å². The minimum absolute atomic E-state index is 0. The molecule has 0 bridgehead atoms. The summed E-state index contributed by atoms with van der Waals surface area (Å²) >= 11 is -1.43. The molecule has 112 valence electrons. The summed E-state index contributed by atoms with van der Waals surface area (Å²) in [6.45, 7) is 9.47. The third-order valence-electron chi connectivity index (χ3n) is 4.24. The number of rotatable bonds is 12. The first-order chi connectivity index (χ1) is 8.24. The van der Waals surface area contributed by atoms with Gasteiger partial charge in [0.15, 0.2) is 0 Å². The standard InChI is InChI=1S/4C4H9.O.Ti/c4*1-3-4-2;;/h4*1,3-4H2,2H3;;/q;;;;-2;. The molecule has 0 heterocycles. The molecule has 0 rings (SSSR count). The molecular weight excluding hydrogens is 256 g/mol. The summed E-state index contributed by atoms with van der Waals surface area (Å²) in [5, 5.41) is 0. The maximum atomic E-state index is 2.37. The van der Waals surface area contributed by atoms with Gasteiger partial charge in [-0.25, -0.2) is 0 Å². The molecule has 0 spiro atoms. The maximum absolute atomic E-state index is 2.37. The van der Waals surface area contributed by atoms with E-state index in [2.05, 4.69) is 27.7 Å². The molecule has 0 N–H and O–H groups in total. The smallest absolute Gasteiger partial charge is 2.00 e. The molecule has 0 aromatic heterocycles. The fourth-order valence-electron chi connectivity index (χ4n) is 2.96. The molecule has 0 aromatic carbocycles. The molecule has 1 nitrogen and oxygen atoms in total. The van der Waals surface area contributed by atoms with E-state index in [1.54, 1.807) is 18.9 Å². The van der Waals surface area contributed by atoms with Gasteiger partial charge in [-0.2, -0.15) is 0 Å². The molecule has 2 heteroatoms. The molecule has 0 aromatic rings. The van der Waals surface area contributed by atoms with Crippen LogP contribution in [0, 0.1) is 0 Å². The van der Waals surface area contributed by atoms with Crippen LogP contribution >= 0.6 is 0 Å². The monoisotopic (exact) mass is 292 g/mol. The molecule has 0 saturated heterocycles. The topological polar surface area (TPSA) is 28.5 Å². The predicted octanol–water partition coefficient (Wildman–Crippen LogP) is 6.90. The van der Waals surface area contributed by atoms with Gasteiger partial charge < -0.3 is 5.48 Å². The van der Waals surface area contributed by atoms with Crippen molar-refractivity contribution in [3.8, 4) is 0 Å². The van der Waals surface area contributed by atoms with Gasteiger partial charge in [0.05, 0.1) is 0 Å². The van der Waals surface area contributed by atoms with Crippen LogP contribution in [0.2, 0.25) is 18.9 Å². The minimum atomic E-state index is -1.43. The zero-order chi connectivity index (χ0) is 13.0. The fraction of sp³-hybridized carbons (Fsp3) is 1.00. The summed E-state index contributed by atoms with van der Waals surface area (Å²) < 4.78 is 6.71. The average Bonchev–Trinajstić information content (AvgIpc) is 2.37. The van der Waals surface area contributed by atoms with Gasteiger partial charge in [-0.15, -0.1) is 0 Å². The van der Waals surface area contributed by atoms with Crippen LogP contribution in [0.25, 0.3) is 0 Å². The van der Waals surface area contributed by atoms with E-state index in [1.165, 1.54) is 51.4 Å². The van der Waals surface area contributed by atoms with Crippen molar-refractivity contribution in [3.63, 3.8) is 0 Å². The summed E-state index contributed by atoms with van der Waals surface area (Å²) in [6, 6.07) is 0. The van der Waals surface area contributed by atoms with E-state index in [4.69, 9.17) is 0 Å². The third kappa shape index (κ3) is 9.58. The van der Waals surface area contributed by atoms with Gasteiger partial charge in [-0.05, 0) is 0 Å². The Balaban J connectivity index is 0. The van der Waals surface area contributed by atoms with Gasteiger partial charge in [-0.1, -0.05) is 0 Å². The Morgan fingerprint density at radius 3 is 0.889 bits per heavy atom. The maximum Gasteiger partial charge on any atom is -2.00 e. The number of unbranched alkanes of at least 4 members (excludes halogenated alkanes) is 4. The predicted molar refractivity (Wildman–Crippen MR) is 79.5 cm³/mol. The van der Waals surface area contributed by atoms with Gasteiger partial charge in [-0.3, -0.25) is 0 Å². The summed E-state index contributed by atoms with van der Waals surface area (Å²) in [7, 11) is 0. The Hall–Kier alpha value is 0.674. The van der Waals surface area contributed by atoms with E-state index in [0.717, 1.165) is 0 Å². The van der Waals surface area contributed by atoms with Gasteiger partial charge in [0.2, 0.25) is 0 Å². The summed E-state index contributed by atoms with van der Waals surface area (Å²) in [4.78, 5) is 0. The Kier molecular flexibility index (Phi) is 16.4. The SMILES string of the molecule is CCC[CH2][Ti]([CH2]CCC)([CH2]CCC)[CH2]CCC.[O-2]. The summed E-state index contributed by atoms with van der Waals surface area (Å²) in [6.07, 6.45) is 11.8. The van der Waals surface area contributed by atoms with Gasteiger partial charge in [0.25, 0.3) is 0 Å². The zero-order valence-corrected chi connectivity index (χ0v) is 15.0.